The van der Waals surface area contributed by atoms with Crippen molar-refractivity contribution in [2.24, 2.45) is 0 Å². The van der Waals surface area contributed by atoms with Crippen molar-refractivity contribution in [3.8, 4) is 11.5 Å². The molecular formula is C21H22ClN3O3S2. The van der Waals surface area contributed by atoms with Gasteiger partial charge in [0.2, 0.25) is 15.9 Å². The van der Waals surface area contributed by atoms with E-state index in [1.54, 1.807) is 28.6 Å². The van der Waals surface area contributed by atoms with Gasteiger partial charge in [0, 0.05) is 28.9 Å². The molecule has 3 aromatic rings. The summed E-state index contributed by atoms with van der Waals surface area (Å²) in [6.45, 7) is 2.57. The largest absolute Gasteiger partial charge is 0.411 e. The summed E-state index contributed by atoms with van der Waals surface area (Å²) in [5.41, 5.74) is 1.75. The van der Waals surface area contributed by atoms with Crippen molar-refractivity contribution in [2.45, 2.75) is 48.1 Å². The predicted molar refractivity (Wildman–Crippen MR) is 118 cm³/mol. The quantitative estimate of drug-likeness (QED) is 0.465. The molecule has 1 aromatic heterocycles. The lowest BCUT2D eigenvalue weighted by Crippen LogP contribution is -2.41. The number of halogens is 1. The zero-order valence-electron chi connectivity index (χ0n) is 16.5. The summed E-state index contributed by atoms with van der Waals surface area (Å²) < 4.78 is 33.2. The summed E-state index contributed by atoms with van der Waals surface area (Å²) in [6, 6.07) is 14.3. The fourth-order valence-corrected chi connectivity index (χ4v) is 6.08. The number of nitrogens with zero attached hydrogens (tertiary/aromatic N) is 3. The van der Waals surface area contributed by atoms with Gasteiger partial charge in [-0.25, -0.2) is 8.42 Å². The summed E-state index contributed by atoms with van der Waals surface area (Å²) in [4.78, 5) is 0.339. The second-order valence-electron chi connectivity index (χ2n) is 7.28. The van der Waals surface area contributed by atoms with Crippen LogP contribution in [0.2, 0.25) is 5.02 Å². The van der Waals surface area contributed by atoms with Gasteiger partial charge >= 0.3 is 0 Å². The van der Waals surface area contributed by atoms with Crippen molar-refractivity contribution in [2.75, 3.05) is 6.54 Å². The van der Waals surface area contributed by atoms with Crippen LogP contribution in [0.25, 0.3) is 11.5 Å². The maximum atomic E-state index is 12.9. The fourth-order valence-electron chi connectivity index (χ4n) is 3.47. The van der Waals surface area contributed by atoms with Crippen LogP contribution in [0.15, 0.2) is 63.1 Å². The Kier molecular flexibility index (Phi) is 6.48. The van der Waals surface area contributed by atoms with Gasteiger partial charge in [-0.05, 0) is 55.7 Å². The Hall–Kier alpha value is -1.87. The van der Waals surface area contributed by atoms with E-state index in [4.69, 9.17) is 16.0 Å². The number of thioether (sulfide) groups is 1. The smallest absolute Gasteiger partial charge is 0.277 e. The summed E-state index contributed by atoms with van der Waals surface area (Å²) >= 11 is 7.41. The van der Waals surface area contributed by atoms with Crippen LogP contribution in [-0.2, 0) is 15.8 Å². The molecule has 0 spiro atoms. The van der Waals surface area contributed by atoms with E-state index in [2.05, 4.69) is 10.2 Å². The number of aromatic nitrogens is 2. The highest BCUT2D eigenvalue weighted by atomic mass is 35.5. The molecule has 1 fully saturated rings. The molecule has 1 unspecified atom stereocenters. The molecule has 0 radical (unpaired) electrons. The molecule has 4 rings (SSSR count). The van der Waals surface area contributed by atoms with Crippen LogP contribution in [0.1, 0.15) is 31.7 Å². The second kappa shape index (κ2) is 9.09. The molecule has 0 amide bonds. The molecule has 2 heterocycles. The van der Waals surface area contributed by atoms with Gasteiger partial charge in [-0.15, -0.1) is 10.2 Å². The monoisotopic (exact) mass is 463 g/mol. The van der Waals surface area contributed by atoms with Gasteiger partial charge in [0.1, 0.15) is 0 Å². The Morgan fingerprint density at radius 2 is 1.97 bits per heavy atom. The van der Waals surface area contributed by atoms with Gasteiger partial charge in [-0.2, -0.15) is 4.31 Å². The molecule has 1 saturated heterocycles. The van der Waals surface area contributed by atoms with Crippen molar-refractivity contribution in [1.82, 2.24) is 14.5 Å². The molecule has 2 aromatic carbocycles. The van der Waals surface area contributed by atoms with Crippen LogP contribution in [0, 0.1) is 0 Å². The third kappa shape index (κ3) is 4.72. The van der Waals surface area contributed by atoms with Crippen LogP contribution in [-0.4, -0.2) is 35.5 Å². The van der Waals surface area contributed by atoms with Gasteiger partial charge < -0.3 is 4.42 Å². The van der Waals surface area contributed by atoms with E-state index in [0.717, 1.165) is 30.4 Å². The number of rotatable bonds is 6. The molecule has 9 heteroatoms. The number of benzene rings is 2. The van der Waals surface area contributed by atoms with E-state index < -0.39 is 10.0 Å². The molecule has 0 aliphatic carbocycles. The van der Waals surface area contributed by atoms with Gasteiger partial charge in [0.15, 0.2) is 0 Å². The topological polar surface area (TPSA) is 76.3 Å². The minimum Gasteiger partial charge on any atom is -0.411 e. The third-order valence-corrected chi connectivity index (χ3v) is 8.26. The van der Waals surface area contributed by atoms with Crippen molar-refractivity contribution >= 4 is 33.4 Å². The third-order valence-electron chi connectivity index (χ3n) is 5.11. The predicted octanol–water partition coefficient (Wildman–Crippen LogP) is 5.25. The summed E-state index contributed by atoms with van der Waals surface area (Å²) in [6.07, 6.45) is 2.91. The molecule has 0 N–H and O–H groups in total. The fraction of sp³-hybridized carbons (Fsp3) is 0.333. The molecule has 1 aliphatic rings. The van der Waals surface area contributed by atoms with Gasteiger partial charge in [0.25, 0.3) is 5.22 Å². The number of piperidine rings is 1. The lowest BCUT2D eigenvalue weighted by atomic mass is 10.1. The first kappa shape index (κ1) is 21.4. The minimum absolute atomic E-state index is 0.0465. The van der Waals surface area contributed by atoms with E-state index in [9.17, 15) is 8.42 Å². The summed E-state index contributed by atoms with van der Waals surface area (Å²) in [5, 5.41) is 9.18. The number of hydrogen-bond donors (Lipinski definition) is 0. The zero-order valence-corrected chi connectivity index (χ0v) is 18.9. The normalized spacial score (nSPS) is 17.9. The minimum atomic E-state index is -3.45. The van der Waals surface area contributed by atoms with Crippen LogP contribution >= 0.6 is 23.4 Å². The zero-order chi connectivity index (χ0) is 21.1. The summed E-state index contributed by atoms with van der Waals surface area (Å²) in [5.74, 6) is 1.01. The van der Waals surface area contributed by atoms with E-state index in [1.165, 1.54) is 11.8 Å². The lowest BCUT2D eigenvalue weighted by molar-refractivity contribution is 0.268. The standard InChI is InChI=1S/C21H22ClN3O3S2/c1-15-5-2-3-12-25(15)30(26,27)19-10-8-16(9-11-19)14-29-21-24-23-20(28-21)17-6-4-7-18(22)13-17/h4,6-11,13,15H,2-3,5,12,14H2,1H3. The van der Waals surface area contributed by atoms with Gasteiger partial charge in [-0.1, -0.05) is 48.0 Å². The Bertz CT molecular complexity index is 1120. The molecule has 0 bridgehead atoms. The molecule has 1 aliphatic heterocycles. The molecule has 158 valence electrons. The van der Waals surface area contributed by atoms with Gasteiger partial charge in [-0.3, -0.25) is 0 Å². The maximum absolute atomic E-state index is 12.9. The second-order valence-corrected chi connectivity index (χ2v) is 10.5. The molecule has 0 saturated carbocycles. The van der Waals surface area contributed by atoms with Crippen LogP contribution in [0.4, 0.5) is 0 Å². The van der Waals surface area contributed by atoms with Gasteiger partial charge in [0.05, 0.1) is 4.90 Å². The average molecular weight is 464 g/mol. The highest BCUT2D eigenvalue weighted by Gasteiger charge is 2.30. The van der Waals surface area contributed by atoms with Crippen LogP contribution in [0.3, 0.4) is 0 Å². The van der Waals surface area contributed by atoms with Crippen molar-refractivity contribution in [3.05, 3.63) is 59.1 Å². The summed E-state index contributed by atoms with van der Waals surface area (Å²) in [7, 11) is -3.45. The Labute approximate surface area is 185 Å². The van der Waals surface area contributed by atoms with Crippen molar-refractivity contribution in [3.63, 3.8) is 0 Å². The maximum Gasteiger partial charge on any atom is 0.277 e. The van der Waals surface area contributed by atoms with E-state index in [0.29, 0.717) is 33.3 Å². The Balaban J connectivity index is 1.41. The lowest BCUT2D eigenvalue weighted by Gasteiger charge is -2.32. The van der Waals surface area contributed by atoms with Crippen LogP contribution < -0.4 is 0 Å². The average Bonchev–Trinajstić information content (AvgIpc) is 3.22. The first-order chi connectivity index (χ1) is 14.4. The first-order valence-electron chi connectivity index (χ1n) is 9.76. The van der Waals surface area contributed by atoms with Crippen LogP contribution in [0.5, 0.6) is 0 Å². The SMILES string of the molecule is CC1CCCCN1S(=O)(=O)c1ccc(CSc2nnc(-c3cccc(Cl)c3)o2)cc1. The van der Waals surface area contributed by atoms with E-state index in [-0.39, 0.29) is 6.04 Å². The van der Waals surface area contributed by atoms with Crippen molar-refractivity contribution in [1.29, 1.82) is 0 Å². The molecule has 6 nitrogen and oxygen atoms in total. The number of sulfonamides is 1. The highest BCUT2D eigenvalue weighted by molar-refractivity contribution is 7.98. The Morgan fingerprint density at radius 1 is 1.17 bits per heavy atom. The van der Waals surface area contributed by atoms with E-state index in [1.807, 2.05) is 31.2 Å². The molecule has 1 atom stereocenters. The highest BCUT2D eigenvalue weighted by Crippen LogP contribution is 2.29. The van der Waals surface area contributed by atoms with Crippen molar-refractivity contribution < 1.29 is 12.8 Å². The van der Waals surface area contributed by atoms with E-state index >= 15 is 0 Å². The number of hydrogen-bond acceptors (Lipinski definition) is 6. The molecule has 30 heavy (non-hydrogen) atoms. The Morgan fingerprint density at radius 3 is 2.70 bits per heavy atom. The molecular weight excluding hydrogens is 442 g/mol. The first-order valence-corrected chi connectivity index (χ1v) is 12.6.